The number of nitrogens with zero attached hydrogens (tertiary/aromatic N) is 5. The molecule has 4 rings (SSSR count). The van der Waals surface area contributed by atoms with E-state index in [2.05, 4.69) is 18.8 Å². The Balaban J connectivity index is 1.66. The van der Waals surface area contributed by atoms with Gasteiger partial charge in [-0.3, -0.25) is 4.90 Å². The molecule has 0 radical (unpaired) electrons. The zero-order valence-electron chi connectivity index (χ0n) is 25.5. The van der Waals surface area contributed by atoms with Crippen LogP contribution in [0.15, 0.2) is 42.6 Å². The van der Waals surface area contributed by atoms with Crippen molar-refractivity contribution in [3.8, 4) is 5.88 Å². The number of anilines is 1. The van der Waals surface area contributed by atoms with E-state index in [1.54, 1.807) is 26.6 Å². The van der Waals surface area contributed by atoms with Gasteiger partial charge < -0.3 is 19.1 Å². The fourth-order valence-electron chi connectivity index (χ4n) is 4.58. The van der Waals surface area contributed by atoms with E-state index in [9.17, 15) is 9.59 Å². The summed E-state index contributed by atoms with van der Waals surface area (Å²) in [6, 6.07) is 11.5. The first-order valence-corrected chi connectivity index (χ1v) is 14.3. The van der Waals surface area contributed by atoms with Crippen molar-refractivity contribution in [3.63, 3.8) is 0 Å². The third kappa shape index (κ3) is 7.89. The summed E-state index contributed by atoms with van der Waals surface area (Å²) in [6.45, 7) is 16.6. The first-order chi connectivity index (χ1) is 19.2. The number of aromatic nitrogens is 3. The third-order valence-electron chi connectivity index (χ3n) is 6.51. The van der Waals surface area contributed by atoms with Gasteiger partial charge in [0.2, 0.25) is 5.88 Å². The third-order valence-corrected chi connectivity index (χ3v) is 6.51. The monoisotopic (exact) mass is 565 g/mol. The van der Waals surface area contributed by atoms with E-state index in [0.29, 0.717) is 43.1 Å². The number of carbonyl (C=O) groups is 2. The Bertz CT molecular complexity index is 1350. The Morgan fingerprint density at radius 3 is 2.22 bits per heavy atom. The molecule has 3 heterocycles. The summed E-state index contributed by atoms with van der Waals surface area (Å²) in [6.07, 6.45) is 2.10. The Labute approximate surface area is 242 Å². The fourth-order valence-corrected chi connectivity index (χ4v) is 4.58. The maximum absolute atomic E-state index is 13.6. The molecule has 1 aromatic carbocycles. The van der Waals surface area contributed by atoms with Crippen molar-refractivity contribution in [3.05, 3.63) is 53.9 Å². The van der Waals surface area contributed by atoms with Gasteiger partial charge in [-0.2, -0.15) is 0 Å². The van der Waals surface area contributed by atoms with Crippen molar-refractivity contribution >= 4 is 23.5 Å². The Morgan fingerprint density at radius 1 is 1.00 bits per heavy atom. The molecule has 0 spiro atoms. The predicted molar refractivity (Wildman–Crippen MR) is 157 cm³/mol. The highest BCUT2D eigenvalue weighted by molar-refractivity contribution is 5.92. The number of ether oxygens (including phenoxy) is 3. The molecule has 0 saturated carbocycles. The Kier molecular flexibility index (Phi) is 8.80. The number of imidazole rings is 1. The Morgan fingerprint density at radius 2 is 1.63 bits per heavy atom. The van der Waals surface area contributed by atoms with Gasteiger partial charge in [-0.25, -0.2) is 19.1 Å². The standard InChI is InChI=1S/C31H43N5O5/c1-21(2)25-19-32-27-24(35(29(38)41-31(6,7)8)20-22-12-10-9-11-13-22)18-26(33-36(25)27)39-23-14-16-34(17-15-23)28(37)40-30(3,4)5/h9-13,18-19,21,23H,14-17,20H2,1-8H3. The molecule has 0 aliphatic carbocycles. The number of likely N-dealkylation sites (tertiary alicyclic amines) is 1. The summed E-state index contributed by atoms with van der Waals surface area (Å²) in [4.78, 5) is 34.1. The number of amides is 2. The van der Waals surface area contributed by atoms with Gasteiger partial charge in [-0.05, 0) is 53.0 Å². The van der Waals surface area contributed by atoms with Gasteiger partial charge in [0.15, 0.2) is 5.65 Å². The van der Waals surface area contributed by atoms with Crippen LogP contribution < -0.4 is 9.64 Å². The number of hydrogen-bond acceptors (Lipinski definition) is 7. The van der Waals surface area contributed by atoms with Gasteiger partial charge in [-0.15, -0.1) is 5.10 Å². The van der Waals surface area contributed by atoms with Crippen molar-refractivity contribution < 1.29 is 23.8 Å². The molecule has 0 unspecified atom stereocenters. The highest BCUT2D eigenvalue weighted by Gasteiger charge is 2.30. The highest BCUT2D eigenvalue weighted by Crippen LogP contribution is 2.31. The lowest BCUT2D eigenvalue weighted by molar-refractivity contribution is 0.0122. The highest BCUT2D eigenvalue weighted by atomic mass is 16.6. The normalized spacial score (nSPS) is 14.8. The van der Waals surface area contributed by atoms with Crippen LogP contribution in [0.3, 0.4) is 0 Å². The topological polar surface area (TPSA) is 98.5 Å². The summed E-state index contributed by atoms with van der Waals surface area (Å²) in [7, 11) is 0. The van der Waals surface area contributed by atoms with Gasteiger partial charge in [-0.1, -0.05) is 44.2 Å². The number of fused-ring (bicyclic) bond motifs is 1. The summed E-state index contributed by atoms with van der Waals surface area (Å²) < 4.78 is 19.5. The van der Waals surface area contributed by atoms with Crippen molar-refractivity contribution in [1.82, 2.24) is 19.5 Å². The molecular formula is C31H43N5O5. The summed E-state index contributed by atoms with van der Waals surface area (Å²) >= 11 is 0. The second-order valence-corrected chi connectivity index (χ2v) is 12.8. The van der Waals surface area contributed by atoms with E-state index in [4.69, 9.17) is 19.3 Å². The maximum atomic E-state index is 13.6. The number of benzene rings is 1. The van der Waals surface area contributed by atoms with Crippen LogP contribution in [0.2, 0.25) is 0 Å². The van der Waals surface area contributed by atoms with Crippen LogP contribution in [0.5, 0.6) is 5.88 Å². The lowest BCUT2D eigenvalue weighted by Gasteiger charge is -2.33. The lowest BCUT2D eigenvalue weighted by atomic mass is 10.1. The molecule has 0 atom stereocenters. The lowest BCUT2D eigenvalue weighted by Crippen LogP contribution is -2.44. The van der Waals surface area contributed by atoms with Crippen LogP contribution in [0, 0.1) is 0 Å². The minimum atomic E-state index is -0.685. The van der Waals surface area contributed by atoms with Gasteiger partial charge >= 0.3 is 12.2 Å². The molecule has 1 aliphatic rings. The molecule has 2 aromatic heterocycles. The second-order valence-electron chi connectivity index (χ2n) is 12.8. The predicted octanol–water partition coefficient (Wildman–Crippen LogP) is 6.57. The number of piperidine rings is 1. The van der Waals surface area contributed by atoms with Crippen LogP contribution in [-0.2, 0) is 16.0 Å². The number of hydrogen-bond donors (Lipinski definition) is 0. The molecule has 10 heteroatoms. The molecular weight excluding hydrogens is 522 g/mol. The van der Waals surface area contributed by atoms with Crippen molar-refractivity contribution in [1.29, 1.82) is 0 Å². The van der Waals surface area contributed by atoms with E-state index >= 15 is 0 Å². The van der Waals surface area contributed by atoms with Crippen LogP contribution >= 0.6 is 0 Å². The smallest absolute Gasteiger partial charge is 0.415 e. The molecule has 0 N–H and O–H groups in total. The molecule has 10 nitrogen and oxygen atoms in total. The van der Waals surface area contributed by atoms with E-state index in [0.717, 1.165) is 11.3 Å². The molecule has 41 heavy (non-hydrogen) atoms. The molecule has 1 aliphatic heterocycles. The first kappa shape index (κ1) is 30.1. The first-order valence-electron chi connectivity index (χ1n) is 14.3. The quantitative estimate of drug-likeness (QED) is 0.333. The summed E-state index contributed by atoms with van der Waals surface area (Å²) in [5.41, 5.74) is 1.71. The van der Waals surface area contributed by atoms with E-state index < -0.39 is 17.3 Å². The number of carbonyl (C=O) groups excluding carboxylic acids is 2. The van der Waals surface area contributed by atoms with Crippen molar-refractivity contribution in [2.45, 2.75) is 98.0 Å². The van der Waals surface area contributed by atoms with Gasteiger partial charge in [0, 0.05) is 32.0 Å². The van der Waals surface area contributed by atoms with E-state index in [1.165, 1.54) is 0 Å². The van der Waals surface area contributed by atoms with Gasteiger partial charge in [0.25, 0.3) is 0 Å². The second kappa shape index (κ2) is 12.0. The zero-order chi connectivity index (χ0) is 29.9. The van der Waals surface area contributed by atoms with Crippen LogP contribution in [0.4, 0.5) is 15.3 Å². The van der Waals surface area contributed by atoms with Crippen LogP contribution in [-0.4, -0.2) is 62.1 Å². The van der Waals surface area contributed by atoms with Crippen LogP contribution in [0.1, 0.15) is 85.4 Å². The summed E-state index contributed by atoms with van der Waals surface area (Å²) in [5, 5.41) is 4.79. The van der Waals surface area contributed by atoms with E-state index in [1.807, 2.05) is 71.9 Å². The molecule has 2 amide bonds. The van der Waals surface area contributed by atoms with Gasteiger partial charge in [0.05, 0.1) is 24.1 Å². The average molecular weight is 566 g/mol. The average Bonchev–Trinajstić information content (AvgIpc) is 3.30. The van der Waals surface area contributed by atoms with Crippen molar-refractivity contribution in [2.24, 2.45) is 0 Å². The minimum Gasteiger partial charge on any atom is -0.473 e. The molecule has 222 valence electrons. The van der Waals surface area contributed by atoms with E-state index in [-0.39, 0.29) is 24.7 Å². The SMILES string of the molecule is CC(C)c1cnc2c(N(Cc3ccccc3)C(=O)OC(C)(C)C)cc(OC3CCN(C(=O)OC(C)(C)C)CC3)nn12. The zero-order valence-corrected chi connectivity index (χ0v) is 25.5. The number of rotatable bonds is 6. The fraction of sp³-hybridized carbons (Fsp3) is 0.548. The molecule has 1 saturated heterocycles. The minimum absolute atomic E-state index is 0.141. The largest absolute Gasteiger partial charge is 0.473 e. The summed E-state index contributed by atoms with van der Waals surface area (Å²) in [5.74, 6) is 0.520. The van der Waals surface area contributed by atoms with Gasteiger partial charge in [0.1, 0.15) is 17.3 Å². The molecule has 1 fully saturated rings. The maximum Gasteiger partial charge on any atom is 0.415 e. The Hall–Kier alpha value is -3.82. The molecule has 0 bridgehead atoms. The molecule has 3 aromatic rings. The van der Waals surface area contributed by atoms with Crippen LogP contribution in [0.25, 0.3) is 5.65 Å². The van der Waals surface area contributed by atoms with Crippen molar-refractivity contribution in [2.75, 3.05) is 18.0 Å².